The van der Waals surface area contributed by atoms with Crippen LogP contribution >= 0.6 is 0 Å². The van der Waals surface area contributed by atoms with Crippen molar-refractivity contribution >= 4 is 16.7 Å². The van der Waals surface area contributed by atoms with E-state index in [9.17, 15) is 9.18 Å². The van der Waals surface area contributed by atoms with E-state index in [0.29, 0.717) is 42.5 Å². The SMILES string of the molecule is COc1ccc(C(=O)N2CCO[C@H](c3cc4cc(F)ccc4cn3)C2)cc1OC. The van der Waals surface area contributed by atoms with E-state index in [-0.39, 0.29) is 17.8 Å². The minimum Gasteiger partial charge on any atom is -0.493 e. The molecule has 0 saturated carbocycles. The number of amides is 1. The summed E-state index contributed by atoms with van der Waals surface area (Å²) in [6.07, 6.45) is 1.32. The summed E-state index contributed by atoms with van der Waals surface area (Å²) in [4.78, 5) is 19.2. The fourth-order valence-electron chi connectivity index (χ4n) is 3.47. The van der Waals surface area contributed by atoms with Crippen LogP contribution in [0.25, 0.3) is 10.8 Å². The van der Waals surface area contributed by atoms with Gasteiger partial charge in [0.05, 0.1) is 33.1 Å². The second-order valence-electron chi connectivity index (χ2n) is 6.78. The van der Waals surface area contributed by atoms with Crippen LogP contribution in [0, 0.1) is 5.82 Å². The Labute approximate surface area is 167 Å². The Morgan fingerprint density at radius 1 is 1.10 bits per heavy atom. The molecule has 150 valence electrons. The summed E-state index contributed by atoms with van der Waals surface area (Å²) >= 11 is 0. The normalized spacial score (nSPS) is 16.7. The fraction of sp³-hybridized carbons (Fsp3) is 0.273. The lowest BCUT2D eigenvalue weighted by atomic mass is 10.1. The van der Waals surface area contributed by atoms with E-state index in [0.717, 1.165) is 10.8 Å². The van der Waals surface area contributed by atoms with Crippen LogP contribution in [0.1, 0.15) is 22.2 Å². The first-order valence-corrected chi connectivity index (χ1v) is 9.27. The van der Waals surface area contributed by atoms with Gasteiger partial charge in [-0.3, -0.25) is 9.78 Å². The zero-order valence-electron chi connectivity index (χ0n) is 16.2. The van der Waals surface area contributed by atoms with Crippen LogP contribution in [-0.4, -0.2) is 49.7 Å². The van der Waals surface area contributed by atoms with Gasteiger partial charge in [0.15, 0.2) is 11.5 Å². The molecule has 1 fully saturated rings. The number of methoxy groups -OCH3 is 2. The lowest BCUT2D eigenvalue weighted by molar-refractivity contribution is -0.0246. The summed E-state index contributed by atoms with van der Waals surface area (Å²) in [5.74, 6) is 0.647. The smallest absolute Gasteiger partial charge is 0.254 e. The summed E-state index contributed by atoms with van der Waals surface area (Å²) in [7, 11) is 3.08. The molecule has 4 rings (SSSR count). The number of pyridine rings is 1. The van der Waals surface area contributed by atoms with Crippen molar-refractivity contribution in [2.24, 2.45) is 0 Å². The summed E-state index contributed by atoms with van der Waals surface area (Å²) in [5, 5.41) is 1.60. The van der Waals surface area contributed by atoms with Crippen molar-refractivity contribution in [1.82, 2.24) is 9.88 Å². The van der Waals surface area contributed by atoms with Gasteiger partial charge in [0.1, 0.15) is 11.9 Å². The van der Waals surface area contributed by atoms with Crippen LogP contribution in [0.15, 0.2) is 48.7 Å². The van der Waals surface area contributed by atoms with Crippen LogP contribution in [0.5, 0.6) is 11.5 Å². The zero-order chi connectivity index (χ0) is 20.4. The maximum absolute atomic E-state index is 13.6. The average molecular weight is 396 g/mol. The Bertz CT molecular complexity index is 1060. The Hall–Kier alpha value is -3.19. The Morgan fingerprint density at radius 2 is 1.93 bits per heavy atom. The van der Waals surface area contributed by atoms with Gasteiger partial charge >= 0.3 is 0 Å². The Morgan fingerprint density at radius 3 is 2.72 bits per heavy atom. The topological polar surface area (TPSA) is 60.9 Å². The van der Waals surface area contributed by atoms with E-state index in [1.807, 2.05) is 6.07 Å². The molecule has 1 amide bonds. The first-order valence-electron chi connectivity index (χ1n) is 9.27. The van der Waals surface area contributed by atoms with E-state index >= 15 is 0 Å². The lowest BCUT2D eigenvalue weighted by Gasteiger charge is -2.33. The molecule has 0 spiro atoms. The first kappa shape index (κ1) is 19.1. The van der Waals surface area contributed by atoms with E-state index in [4.69, 9.17) is 14.2 Å². The number of ether oxygens (including phenoxy) is 3. The minimum atomic E-state index is -0.375. The number of rotatable bonds is 4. The number of carbonyl (C=O) groups excluding carboxylic acids is 1. The number of fused-ring (bicyclic) bond motifs is 1. The zero-order valence-corrected chi connectivity index (χ0v) is 16.2. The van der Waals surface area contributed by atoms with Crippen LogP contribution in [0.4, 0.5) is 4.39 Å². The molecule has 1 aliphatic rings. The second-order valence-corrected chi connectivity index (χ2v) is 6.78. The third kappa shape index (κ3) is 3.86. The monoisotopic (exact) mass is 396 g/mol. The number of carbonyl (C=O) groups is 1. The third-order valence-corrected chi connectivity index (χ3v) is 5.02. The summed E-state index contributed by atoms with van der Waals surface area (Å²) < 4.78 is 29.9. The molecule has 6 nitrogen and oxygen atoms in total. The number of nitrogens with zero attached hydrogens (tertiary/aromatic N) is 2. The van der Waals surface area contributed by atoms with Crippen molar-refractivity contribution in [3.63, 3.8) is 0 Å². The van der Waals surface area contributed by atoms with Crippen molar-refractivity contribution in [2.45, 2.75) is 6.10 Å². The summed E-state index contributed by atoms with van der Waals surface area (Å²) in [6.45, 7) is 1.24. The number of halogens is 1. The van der Waals surface area contributed by atoms with Crippen molar-refractivity contribution in [3.05, 3.63) is 65.7 Å². The van der Waals surface area contributed by atoms with Crippen molar-refractivity contribution < 1.29 is 23.4 Å². The van der Waals surface area contributed by atoms with E-state index in [2.05, 4.69) is 4.98 Å². The van der Waals surface area contributed by atoms with Crippen molar-refractivity contribution in [2.75, 3.05) is 33.9 Å². The van der Waals surface area contributed by atoms with E-state index in [1.165, 1.54) is 19.2 Å². The maximum atomic E-state index is 13.6. The minimum absolute atomic E-state index is 0.119. The molecule has 0 bridgehead atoms. The largest absolute Gasteiger partial charge is 0.493 e. The third-order valence-electron chi connectivity index (χ3n) is 5.02. The van der Waals surface area contributed by atoms with Gasteiger partial charge in [0.25, 0.3) is 5.91 Å². The van der Waals surface area contributed by atoms with Crippen LogP contribution in [0.3, 0.4) is 0 Å². The standard InChI is InChI=1S/C22H21FN2O4/c1-27-19-6-4-14(11-20(19)28-2)22(26)25-7-8-29-21(13-25)18-10-16-9-17(23)5-3-15(16)12-24-18/h3-6,9-12,21H,7-8,13H2,1-2H3/t21-/m0/s1. The number of hydrogen-bond donors (Lipinski definition) is 0. The highest BCUT2D eigenvalue weighted by Crippen LogP contribution is 2.29. The maximum Gasteiger partial charge on any atom is 0.254 e. The molecule has 29 heavy (non-hydrogen) atoms. The van der Waals surface area contributed by atoms with Gasteiger partial charge in [0, 0.05) is 23.7 Å². The van der Waals surface area contributed by atoms with Gasteiger partial charge in [-0.05, 0) is 47.9 Å². The predicted molar refractivity (Wildman–Crippen MR) is 106 cm³/mol. The molecule has 1 atom stereocenters. The second kappa shape index (κ2) is 8.05. The first-order chi connectivity index (χ1) is 14.1. The quantitative estimate of drug-likeness (QED) is 0.674. The number of aromatic nitrogens is 1. The molecule has 0 aliphatic carbocycles. The Balaban J connectivity index is 1.56. The van der Waals surface area contributed by atoms with Gasteiger partial charge in [0.2, 0.25) is 0 Å². The van der Waals surface area contributed by atoms with Crippen molar-refractivity contribution in [3.8, 4) is 11.5 Å². The van der Waals surface area contributed by atoms with Gasteiger partial charge < -0.3 is 19.1 Å². The van der Waals surface area contributed by atoms with Crippen LogP contribution in [0.2, 0.25) is 0 Å². The molecule has 2 heterocycles. The molecule has 7 heteroatoms. The number of morpholine rings is 1. The van der Waals surface area contributed by atoms with E-state index < -0.39 is 0 Å². The summed E-state index contributed by atoms with van der Waals surface area (Å²) in [5.41, 5.74) is 1.18. The molecule has 0 unspecified atom stereocenters. The molecule has 1 aliphatic heterocycles. The molecular formula is C22H21FN2O4. The van der Waals surface area contributed by atoms with Gasteiger partial charge in [-0.25, -0.2) is 4.39 Å². The molecule has 1 saturated heterocycles. The lowest BCUT2D eigenvalue weighted by Crippen LogP contribution is -2.42. The van der Waals surface area contributed by atoms with Gasteiger partial charge in [-0.1, -0.05) is 0 Å². The predicted octanol–water partition coefficient (Wildman–Crippen LogP) is 3.60. The molecule has 3 aromatic rings. The fourth-order valence-corrected chi connectivity index (χ4v) is 3.47. The average Bonchev–Trinajstić information content (AvgIpc) is 2.77. The van der Waals surface area contributed by atoms with E-state index in [1.54, 1.807) is 42.5 Å². The van der Waals surface area contributed by atoms with Crippen molar-refractivity contribution in [1.29, 1.82) is 0 Å². The van der Waals surface area contributed by atoms with Gasteiger partial charge in [-0.2, -0.15) is 0 Å². The van der Waals surface area contributed by atoms with Crippen LogP contribution < -0.4 is 9.47 Å². The molecule has 2 aromatic carbocycles. The molecule has 0 N–H and O–H groups in total. The number of benzene rings is 2. The van der Waals surface area contributed by atoms with Crippen LogP contribution in [-0.2, 0) is 4.74 Å². The molecule has 1 aromatic heterocycles. The summed E-state index contributed by atoms with van der Waals surface area (Å²) in [6, 6.07) is 11.5. The molecular weight excluding hydrogens is 375 g/mol. The highest BCUT2D eigenvalue weighted by molar-refractivity contribution is 5.95. The Kier molecular flexibility index (Phi) is 5.31. The molecule has 0 radical (unpaired) electrons. The number of hydrogen-bond acceptors (Lipinski definition) is 5. The van der Waals surface area contributed by atoms with Gasteiger partial charge in [-0.15, -0.1) is 0 Å². The highest BCUT2D eigenvalue weighted by Gasteiger charge is 2.27. The highest BCUT2D eigenvalue weighted by atomic mass is 19.1.